The normalized spacial score (nSPS) is 13.2. The summed E-state index contributed by atoms with van der Waals surface area (Å²) in [7, 11) is 0. The maximum Gasteiger partial charge on any atom is 0.246 e. The molecule has 1 atom stereocenters. The molecular weight excluding hydrogens is 162 g/mol. The van der Waals surface area contributed by atoms with Gasteiger partial charge in [-0.25, -0.2) is 0 Å². The van der Waals surface area contributed by atoms with Gasteiger partial charge in [-0.05, 0) is 20.3 Å². The molecule has 0 saturated carbocycles. The molecular formula is C11H17NO. The Labute approximate surface area is 80.4 Å². The lowest BCUT2D eigenvalue weighted by atomic mass is 10.2. The smallest absolute Gasteiger partial charge is 0.246 e. The Morgan fingerprint density at radius 2 is 2.31 bits per heavy atom. The van der Waals surface area contributed by atoms with Gasteiger partial charge < -0.3 is 5.32 Å². The molecule has 0 heterocycles. The lowest BCUT2D eigenvalue weighted by Gasteiger charge is -2.10. The Morgan fingerprint density at radius 1 is 1.69 bits per heavy atom. The zero-order valence-corrected chi connectivity index (χ0v) is 8.55. The Bertz CT molecular complexity index is 235. The van der Waals surface area contributed by atoms with Crippen molar-refractivity contribution < 1.29 is 4.79 Å². The van der Waals surface area contributed by atoms with Crippen LogP contribution >= 0.6 is 0 Å². The minimum absolute atomic E-state index is 0.0235. The molecule has 0 aliphatic rings. The van der Waals surface area contributed by atoms with E-state index in [1.807, 2.05) is 19.9 Å². The summed E-state index contributed by atoms with van der Waals surface area (Å²) in [6.45, 7) is 5.71. The van der Waals surface area contributed by atoms with Gasteiger partial charge in [-0.3, -0.25) is 4.79 Å². The quantitative estimate of drug-likeness (QED) is 0.518. The topological polar surface area (TPSA) is 29.1 Å². The van der Waals surface area contributed by atoms with Crippen LogP contribution in [-0.4, -0.2) is 11.9 Å². The predicted octanol–water partition coefficient (Wildman–Crippen LogP) is 1.87. The standard InChI is InChI=1S/C11H17NO/c1-5-7-9(3)11(13)12-10(4)8-6-2/h2,7,10H,5,8H2,1,3-4H3,(H,12,13)/b9-7-. The molecule has 1 amide bonds. The van der Waals surface area contributed by atoms with Gasteiger partial charge in [0.25, 0.3) is 0 Å². The molecule has 0 aromatic heterocycles. The zero-order valence-electron chi connectivity index (χ0n) is 8.55. The average Bonchev–Trinajstić information content (AvgIpc) is 2.05. The van der Waals surface area contributed by atoms with E-state index in [-0.39, 0.29) is 11.9 Å². The number of allylic oxidation sites excluding steroid dienone is 1. The number of carbonyl (C=O) groups is 1. The molecule has 0 aliphatic carbocycles. The van der Waals surface area contributed by atoms with Gasteiger partial charge in [0.2, 0.25) is 5.91 Å². The van der Waals surface area contributed by atoms with Gasteiger partial charge in [0.15, 0.2) is 0 Å². The first-order chi connectivity index (χ1) is 6.11. The van der Waals surface area contributed by atoms with E-state index in [9.17, 15) is 4.79 Å². The van der Waals surface area contributed by atoms with Crippen molar-refractivity contribution in [3.8, 4) is 12.3 Å². The highest BCUT2D eigenvalue weighted by molar-refractivity contribution is 5.92. The molecule has 0 aromatic carbocycles. The number of nitrogens with one attached hydrogen (secondary N) is 1. The molecule has 0 saturated heterocycles. The van der Waals surface area contributed by atoms with E-state index in [2.05, 4.69) is 11.2 Å². The summed E-state index contributed by atoms with van der Waals surface area (Å²) in [5, 5.41) is 2.82. The molecule has 0 rings (SSSR count). The number of terminal acetylenes is 1. The lowest BCUT2D eigenvalue weighted by Crippen LogP contribution is -2.32. The van der Waals surface area contributed by atoms with Gasteiger partial charge in [0.1, 0.15) is 0 Å². The molecule has 0 bridgehead atoms. The highest BCUT2D eigenvalue weighted by Crippen LogP contribution is 1.97. The van der Waals surface area contributed by atoms with E-state index in [0.29, 0.717) is 6.42 Å². The van der Waals surface area contributed by atoms with Crippen molar-refractivity contribution in [1.82, 2.24) is 5.32 Å². The number of carbonyl (C=O) groups excluding carboxylic acids is 1. The van der Waals surface area contributed by atoms with Crippen molar-refractivity contribution in [2.24, 2.45) is 0 Å². The molecule has 2 heteroatoms. The van der Waals surface area contributed by atoms with Crippen LogP contribution < -0.4 is 5.32 Å². The number of amides is 1. The van der Waals surface area contributed by atoms with Gasteiger partial charge in [-0.1, -0.05) is 13.0 Å². The third-order valence-corrected chi connectivity index (χ3v) is 1.67. The molecule has 72 valence electrons. The van der Waals surface area contributed by atoms with E-state index in [4.69, 9.17) is 6.42 Å². The van der Waals surface area contributed by atoms with Gasteiger partial charge in [-0.15, -0.1) is 12.3 Å². The molecule has 0 fully saturated rings. The Morgan fingerprint density at radius 3 is 2.77 bits per heavy atom. The minimum Gasteiger partial charge on any atom is -0.349 e. The summed E-state index contributed by atoms with van der Waals surface area (Å²) in [6.07, 6.45) is 8.48. The van der Waals surface area contributed by atoms with E-state index in [1.165, 1.54) is 0 Å². The first kappa shape index (κ1) is 11.8. The number of hydrogen-bond acceptors (Lipinski definition) is 1. The van der Waals surface area contributed by atoms with Crippen LogP contribution in [0.4, 0.5) is 0 Å². The number of hydrogen-bond donors (Lipinski definition) is 1. The van der Waals surface area contributed by atoms with Crippen molar-refractivity contribution in [3.05, 3.63) is 11.6 Å². The molecule has 0 spiro atoms. The average molecular weight is 179 g/mol. The van der Waals surface area contributed by atoms with Crippen LogP contribution in [0.25, 0.3) is 0 Å². The highest BCUT2D eigenvalue weighted by Gasteiger charge is 2.06. The van der Waals surface area contributed by atoms with Crippen LogP contribution in [0, 0.1) is 12.3 Å². The van der Waals surface area contributed by atoms with Crippen LogP contribution in [0.3, 0.4) is 0 Å². The molecule has 2 nitrogen and oxygen atoms in total. The Hall–Kier alpha value is -1.23. The van der Waals surface area contributed by atoms with Gasteiger partial charge in [-0.2, -0.15) is 0 Å². The fourth-order valence-electron chi connectivity index (χ4n) is 0.964. The van der Waals surface area contributed by atoms with Crippen LogP contribution in [-0.2, 0) is 4.79 Å². The Balaban J connectivity index is 4.01. The molecule has 0 aliphatic heterocycles. The largest absolute Gasteiger partial charge is 0.349 e. The maximum absolute atomic E-state index is 11.4. The summed E-state index contributed by atoms with van der Waals surface area (Å²) in [6, 6.07) is 0.0534. The monoisotopic (exact) mass is 179 g/mol. The summed E-state index contributed by atoms with van der Waals surface area (Å²) in [4.78, 5) is 11.4. The van der Waals surface area contributed by atoms with E-state index in [0.717, 1.165) is 12.0 Å². The molecule has 13 heavy (non-hydrogen) atoms. The fraction of sp³-hybridized carbons (Fsp3) is 0.545. The summed E-state index contributed by atoms with van der Waals surface area (Å²) < 4.78 is 0. The Kier molecular flexibility index (Phi) is 5.71. The molecule has 1 unspecified atom stereocenters. The minimum atomic E-state index is -0.0235. The van der Waals surface area contributed by atoms with Crippen LogP contribution in [0.1, 0.15) is 33.6 Å². The second-order valence-corrected chi connectivity index (χ2v) is 3.08. The van der Waals surface area contributed by atoms with Gasteiger partial charge >= 0.3 is 0 Å². The summed E-state index contributed by atoms with van der Waals surface area (Å²) in [5.41, 5.74) is 0.756. The second-order valence-electron chi connectivity index (χ2n) is 3.08. The van der Waals surface area contributed by atoms with Crippen molar-refractivity contribution >= 4 is 5.91 Å². The highest BCUT2D eigenvalue weighted by atomic mass is 16.1. The zero-order chi connectivity index (χ0) is 10.3. The van der Waals surface area contributed by atoms with Crippen molar-refractivity contribution in [3.63, 3.8) is 0 Å². The SMILES string of the molecule is C#CCC(C)NC(=O)/C(C)=C\CC. The molecule has 0 aromatic rings. The lowest BCUT2D eigenvalue weighted by molar-refractivity contribution is -0.118. The third kappa shape index (κ3) is 5.08. The van der Waals surface area contributed by atoms with E-state index in [1.54, 1.807) is 6.92 Å². The van der Waals surface area contributed by atoms with Crippen LogP contribution in [0.5, 0.6) is 0 Å². The molecule has 1 N–H and O–H groups in total. The molecule has 0 radical (unpaired) electrons. The van der Waals surface area contributed by atoms with Crippen molar-refractivity contribution in [2.75, 3.05) is 0 Å². The fourth-order valence-corrected chi connectivity index (χ4v) is 0.964. The summed E-state index contributed by atoms with van der Waals surface area (Å²) >= 11 is 0. The van der Waals surface area contributed by atoms with Crippen LogP contribution in [0.15, 0.2) is 11.6 Å². The third-order valence-electron chi connectivity index (χ3n) is 1.67. The maximum atomic E-state index is 11.4. The van der Waals surface area contributed by atoms with E-state index >= 15 is 0 Å². The van der Waals surface area contributed by atoms with Crippen LogP contribution in [0.2, 0.25) is 0 Å². The van der Waals surface area contributed by atoms with Gasteiger partial charge in [0, 0.05) is 18.0 Å². The van der Waals surface area contributed by atoms with E-state index < -0.39 is 0 Å². The van der Waals surface area contributed by atoms with Gasteiger partial charge in [0.05, 0.1) is 0 Å². The first-order valence-corrected chi connectivity index (χ1v) is 4.52. The first-order valence-electron chi connectivity index (χ1n) is 4.52. The summed E-state index contributed by atoms with van der Waals surface area (Å²) in [5.74, 6) is 2.49. The predicted molar refractivity (Wildman–Crippen MR) is 55.1 cm³/mol. The van der Waals surface area contributed by atoms with Crippen molar-refractivity contribution in [2.45, 2.75) is 39.7 Å². The second kappa shape index (κ2) is 6.30. The number of rotatable bonds is 4. The van der Waals surface area contributed by atoms with Crippen molar-refractivity contribution in [1.29, 1.82) is 0 Å².